The topological polar surface area (TPSA) is 37.8 Å². The fourth-order valence-electron chi connectivity index (χ4n) is 1.72. The zero-order valence-electron chi connectivity index (χ0n) is 10.8. The Morgan fingerprint density at radius 3 is 2.83 bits per heavy atom. The largest absolute Gasteiger partial charge is 0.354 e. The molecule has 0 amide bonds. The van der Waals surface area contributed by atoms with E-state index in [2.05, 4.69) is 29.1 Å². The van der Waals surface area contributed by atoms with Gasteiger partial charge in [-0.25, -0.2) is 9.97 Å². The summed E-state index contributed by atoms with van der Waals surface area (Å²) in [4.78, 5) is 8.80. The van der Waals surface area contributed by atoms with E-state index in [1.54, 1.807) is 0 Å². The van der Waals surface area contributed by atoms with Crippen LogP contribution in [0, 0.1) is 5.41 Å². The van der Waals surface area contributed by atoms with Gasteiger partial charge in [-0.15, -0.1) is 11.6 Å². The van der Waals surface area contributed by atoms with E-state index in [1.165, 1.54) is 0 Å². The molecule has 96 valence electrons. The normalized spacial score (nSPS) is 11.7. The Hall–Kier alpha value is -1.35. The van der Waals surface area contributed by atoms with Crippen molar-refractivity contribution in [1.82, 2.24) is 9.97 Å². The van der Waals surface area contributed by atoms with E-state index in [-0.39, 0.29) is 5.41 Å². The highest BCUT2D eigenvalue weighted by Crippen LogP contribution is 2.21. The van der Waals surface area contributed by atoms with Crippen molar-refractivity contribution in [3.63, 3.8) is 0 Å². The van der Waals surface area contributed by atoms with Gasteiger partial charge in [0.2, 0.25) is 5.95 Å². The Labute approximate surface area is 113 Å². The number of halogens is 1. The highest BCUT2D eigenvalue weighted by Gasteiger charge is 2.17. The first-order valence-electron chi connectivity index (χ1n) is 6.12. The predicted octanol–water partition coefficient (Wildman–Crippen LogP) is 3.70. The van der Waals surface area contributed by atoms with Crippen molar-refractivity contribution in [2.75, 3.05) is 17.7 Å². The lowest BCUT2D eigenvalue weighted by Crippen LogP contribution is -2.24. The number of nitrogens with one attached hydrogen (secondary N) is 1. The van der Waals surface area contributed by atoms with E-state index in [1.807, 2.05) is 30.5 Å². The molecule has 4 heteroatoms. The van der Waals surface area contributed by atoms with Gasteiger partial charge in [0.25, 0.3) is 0 Å². The number of benzene rings is 1. The van der Waals surface area contributed by atoms with Crippen LogP contribution in [0.4, 0.5) is 5.95 Å². The highest BCUT2D eigenvalue weighted by molar-refractivity contribution is 6.17. The van der Waals surface area contributed by atoms with Crippen molar-refractivity contribution in [3.05, 3.63) is 30.5 Å². The molecule has 1 heterocycles. The molecule has 3 nitrogen and oxygen atoms in total. The second-order valence-corrected chi connectivity index (χ2v) is 5.59. The number of hydrogen-bond acceptors (Lipinski definition) is 3. The minimum absolute atomic E-state index is 0.150. The SMILES string of the molecule is CC(C)(CCCl)CNc1ncc2ccccc2n1. The Morgan fingerprint density at radius 2 is 2.06 bits per heavy atom. The van der Waals surface area contributed by atoms with Crippen molar-refractivity contribution >= 4 is 28.5 Å². The lowest BCUT2D eigenvalue weighted by atomic mass is 9.90. The minimum atomic E-state index is 0.150. The van der Waals surface area contributed by atoms with Gasteiger partial charge >= 0.3 is 0 Å². The summed E-state index contributed by atoms with van der Waals surface area (Å²) in [6.07, 6.45) is 2.81. The molecule has 0 saturated heterocycles. The second-order valence-electron chi connectivity index (χ2n) is 5.21. The van der Waals surface area contributed by atoms with Gasteiger partial charge in [0, 0.05) is 24.0 Å². The van der Waals surface area contributed by atoms with Crippen LogP contribution in [-0.4, -0.2) is 22.4 Å². The van der Waals surface area contributed by atoms with Gasteiger partial charge in [-0.2, -0.15) is 0 Å². The fourth-order valence-corrected chi connectivity index (χ4v) is 2.23. The first-order chi connectivity index (χ1) is 8.61. The maximum absolute atomic E-state index is 5.79. The molecule has 1 aromatic carbocycles. The number of para-hydroxylation sites is 1. The summed E-state index contributed by atoms with van der Waals surface area (Å²) in [5.74, 6) is 1.35. The molecular formula is C14H18ClN3. The van der Waals surface area contributed by atoms with Gasteiger partial charge in [0.15, 0.2) is 0 Å². The number of aromatic nitrogens is 2. The molecular weight excluding hydrogens is 246 g/mol. The van der Waals surface area contributed by atoms with Crippen LogP contribution in [0.2, 0.25) is 0 Å². The van der Waals surface area contributed by atoms with E-state index < -0.39 is 0 Å². The van der Waals surface area contributed by atoms with E-state index in [0.29, 0.717) is 11.8 Å². The smallest absolute Gasteiger partial charge is 0.223 e. The standard InChI is InChI=1S/C14H18ClN3/c1-14(2,7-8-15)10-17-13-16-9-11-5-3-4-6-12(11)18-13/h3-6,9H,7-8,10H2,1-2H3,(H,16,17,18). The van der Waals surface area contributed by atoms with Crippen molar-refractivity contribution in [2.45, 2.75) is 20.3 Å². The third-order valence-corrected chi connectivity index (χ3v) is 3.17. The molecule has 0 aliphatic heterocycles. The van der Waals surface area contributed by atoms with Crippen LogP contribution >= 0.6 is 11.6 Å². The van der Waals surface area contributed by atoms with Crippen LogP contribution in [-0.2, 0) is 0 Å². The summed E-state index contributed by atoms with van der Waals surface area (Å²) < 4.78 is 0. The number of rotatable bonds is 5. The summed E-state index contributed by atoms with van der Waals surface area (Å²) in [7, 11) is 0. The quantitative estimate of drug-likeness (QED) is 0.836. The molecule has 0 saturated carbocycles. The molecule has 1 aromatic heterocycles. The lowest BCUT2D eigenvalue weighted by Gasteiger charge is -2.23. The molecule has 18 heavy (non-hydrogen) atoms. The van der Waals surface area contributed by atoms with E-state index in [0.717, 1.165) is 23.9 Å². The fraction of sp³-hybridized carbons (Fsp3) is 0.429. The Balaban J connectivity index is 2.08. The summed E-state index contributed by atoms with van der Waals surface area (Å²) in [6, 6.07) is 7.97. The van der Waals surface area contributed by atoms with Crippen LogP contribution in [0.1, 0.15) is 20.3 Å². The lowest BCUT2D eigenvalue weighted by molar-refractivity contribution is 0.378. The van der Waals surface area contributed by atoms with Gasteiger partial charge in [-0.05, 0) is 17.9 Å². The average molecular weight is 264 g/mol. The number of anilines is 1. The molecule has 2 rings (SSSR count). The third kappa shape index (κ3) is 3.33. The number of hydrogen-bond donors (Lipinski definition) is 1. The van der Waals surface area contributed by atoms with Crippen LogP contribution in [0.3, 0.4) is 0 Å². The summed E-state index contributed by atoms with van der Waals surface area (Å²) in [6.45, 7) is 5.19. The van der Waals surface area contributed by atoms with Gasteiger partial charge in [0.05, 0.1) is 5.52 Å². The van der Waals surface area contributed by atoms with E-state index in [4.69, 9.17) is 11.6 Å². The van der Waals surface area contributed by atoms with Crippen molar-refractivity contribution in [2.24, 2.45) is 5.41 Å². The monoisotopic (exact) mass is 263 g/mol. The summed E-state index contributed by atoms with van der Waals surface area (Å²) in [5.41, 5.74) is 1.11. The summed E-state index contributed by atoms with van der Waals surface area (Å²) in [5, 5.41) is 4.34. The van der Waals surface area contributed by atoms with Crippen LogP contribution in [0.5, 0.6) is 0 Å². The molecule has 0 atom stereocenters. The minimum Gasteiger partial charge on any atom is -0.354 e. The Morgan fingerprint density at radius 1 is 1.28 bits per heavy atom. The van der Waals surface area contributed by atoms with Gasteiger partial charge in [0.1, 0.15) is 0 Å². The van der Waals surface area contributed by atoms with Crippen molar-refractivity contribution in [1.29, 1.82) is 0 Å². The van der Waals surface area contributed by atoms with Crippen LogP contribution in [0.15, 0.2) is 30.5 Å². The molecule has 0 fully saturated rings. The molecule has 0 radical (unpaired) electrons. The summed E-state index contributed by atoms with van der Waals surface area (Å²) >= 11 is 5.79. The molecule has 1 N–H and O–H groups in total. The first kappa shape index (κ1) is 13.1. The molecule has 2 aromatic rings. The maximum atomic E-state index is 5.79. The molecule has 0 aliphatic rings. The molecule has 0 bridgehead atoms. The third-order valence-electron chi connectivity index (χ3n) is 2.99. The van der Waals surface area contributed by atoms with Gasteiger partial charge in [-0.3, -0.25) is 0 Å². The molecule has 0 aliphatic carbocycles. The molecule has 0 spiro atoms. The van der Waals surface area contributed by atoms with Crippen LogP contribution in [0.25, 0.3) is 10.9 Å². The predicted molar refractivity (Wildman–Crippen MR) is 77.1 cm³/mol. The number of fused-ring (bicyclic) bond motifs is 1. The zero-order chi connectivity index (χ0) is 13.0. The first-order valence-corrected chi connectivity index (χ1v) is 6.66. The maximum Gasteiger partial charge on any atom is 0.223 e. The van der Waals surface area contributed by atoms with Crippen molar-refractivity contribution in [3.8, 4) is 0 Å². The second kappa shape index (κ2) is 5.53. The number of nitrogens with zero attached hydrogens (tertiary/aromatic N) is 2. The van der Waals surface area contributed by atoms with E-state index >= 15 is 0 Å². The van der Waals surface area contributed by atoms with Crippen molar-refractivity contribution < 1.29 is 0 Å². The van der Waals surface area contributed by atoms with Gasteiger partial charge in [-0.1, -0.05) is 32.0 Å². The Kier molecular flexibility index (Phi) is 4.02. The number of alkyl halides is 1. The zero-order valence-corrected chi connectivity index (χ0v) is 11.5. The Bertz CT molecular complexity index is 525. The average Bonchev–Trinajstić information content (AvgIpc) is 2.36. The highest BCUT2D eigenvalue weighted by atomic mass is 35.5. The van der Waals surface area contributed by atoms with Gasteiger partial charge < -0.3 is 5.32 Å². The molecule has 0 unspecified atom stereocenters. The van der Waals surface area contributed by atoms with E-state index in [9.17, 15) is 0 Å². The van der Waals surface area contributed by atoms with Crippen LogP contribution < -0.4 is 5.32 Å².